The molecule has 1 heterocycles. The van der Waals surface area contributed by atoms with Crippen LogP contribution in [0.3, 0.4) is 0 Å². The fraction of sp³-hybridized carbons (Fsp3) is 0.167. The number of Topliss-reactive ketones (excluding diaryl/α,β-unsaturated/α-hetero) is 1. The van der Waals surface area contributed by atoms with Crippen LogP contribution in [0.4, 0.5) is 5.69 Å². The summed E-state index contributed by atoms with van der Waals surface area (Å²) in [5, 5.41) is 14.7. The molecule has 2 rings (SSSR count). The number of ether oxygens (including phenoxy) is 1. The van der Waals surface area contributed by atoms with Gasteiger partial charge in [-0.25, -0.2) is 14.5 Å². The second kappa shape index (κ2) is 5.49. The van der Waals surface area contributed by atoms with Crippen LogP contribution in [0.25, 0.3) is 5.69 Å². The summed E-state index contributed by atoms with van der Waals surface area (Å²) >= 11 is 0. The summed E-state index contributed by atoms with van der Waals surface area (Å²) in [6, 6.07) is 3.92. The Balaban J connectivity index is 2.48. The summed E-state index contributed by atoms with van der Waals surface area (Å²) in [6.45, 7) is 1.23. The third kappa shape index (κ3) is 2.76. The van der Waals surface area contributed by atoms with Crippen LogP contribution in [0, 0.1) is 10.1 Å². The van der Waals surface area contributed by atoms with Crippen LogP contribution in [-0.2, 0) is 4.74 Å². The largest absolute Gasteiger partial charge is 0.463 e. The molecule has 9 heteroatoms. The van der Waals surface area contributed by atoms with Crippen molar-refractivity contribution < 1.29 is 19.2 Å². The van der Waals surface area contributed by atoms with Gasteiger partial charge in [-0.3, -0.25) is 14.9 Å². The van der Waals surface area contributed by atoms with Crippen molar-refractivity contribution in [2.75, 3.05) is 7.11 Å². The van der Waals surface area contributed by atoms with Gasteiger partial charge in [0, 0.05) is 6.07 Å². The van der Waals surface area contributed by atoms with Crippen molar-refractivity contribution in [1.29, 1.82) is 0 Å². The van der Waals surface area contributed by atoms with E-state index in [2.05, 4.69) is 14.8 Å². The van der Waals surface area contributed by atoms with Crippen LogP contribution >= 0.6 is 0 Å². The monoisotopic (exact) mass is 290 g/mol. The lowest BCUT2D eigenvalue weighted by atomic mass is 10.1. The first-order chi connectivity index (χ1) is 9.93. The minimum Gasteiger partial charge on any atom is -0.463 e. The highest BCUT2D eigenvalue weighted by atomic mass is 16.6. The van der Waals surface area contributed by atoms with Crippen LogP contribution in [0.5, 0.6) is 0 Å². The van der Waals surface area contributed by atoms with Crippen LogP contribution in [-0.4, -0.2) is 38.6 Å². The molecular weight excluding hydrogens is 280 g/mol. The summed E-state index contributed by atoms with van der Waals surface area (Å²) in [4.78, 5) is 36.7. The average Bonchev–Trinajstić information content (AvgIpc) is 2.95. The van der Waals surface area contributed by atoms with Gasteiger partial charge in [-0.1, -0.05) is 0 Å². The quantitative estimate of drug-likeness (QED) is 0.359. The molecule has 0 atom stereocenters. The SMILES string of the molecule is COC(=O)c1ncn(-c2ccc([N+](=O)[O-])c(C(C)=O)c2)n1. The van der Waals surface area contributed by atoms with Gasteiger partial charge in [0.2, 0.25) is 0 Å². The molecule has 108 valence electrons. The molecule has 0 bridgehead atoms. The van der Waals surface area contributed by atoms with Crippen molar-refractivity contribution in [2.45, 2.75) is 6.92 Å². The molecule has 1 aromatic heterocycles. The maximum atomic E-state index is 11.5. The molecule has 2 aromatic rings. The molecule has 0 aliphatic heterocycles. The number of hydrogen-bond acceptors (Lipinski definition) is 7. The molecule has 0 fully saturated rings. The molecule has 9 nitrogen and oxygen atoms in total. The summed E-state index contributed by atoms with van der Waals surface area (Å²) < 4.78 is 5.70. The zero-order chi connectivity index (χ0) is 15.6. The Morgan fingerprint density at radius 3 is 2.67 bits per heavy atom. The van der Waals surface area contributed by atoms with Gasteiger partial charge in [0.05, 0.1) is 23.3 Å². The summed E-state index contributed by atoms with van der Waals surface area (Å²) in [6.07, 6.45) is 1.25. The number of carbonyl (C=O) groups is 2. The number of benzene rings is 1. The van der Waals surface area contributed by atoms with Gasteiger partial charge in [-0.05, 0) is 19.1 Å². The van der Waals surface area contributed by atoms with Gasteiger partial charge in [-0.2, -0.15) is 0 Å². The number of carbonyl (C=O) groups excluding carboxylic acids is 2. The minimum atomic E-state index is -0.706. The Labute approximate surface area is 118 Å². The average molecular weight is 290 g/mol. The number of nitro benzene ring substituents is 1. The van der Waals surface area contributed by atoms with E-state index in [4.69, 9.17) is 0 Å². The second-order valence-electron chi connectivity index (χ2n) is 4.02. The predicted molar refractivity (Wildman–Crippen MR) is 69.4 cm³/mol. The number of aromatic nitrogens is 3. The third-order valence-corrected chi connectivity index (χ3v) is 2.68. The zero-order valence-corrected chi connectivity index (χ0v) is 11.1. The van der Waals surface area contributed by atoms with Gasteiger partial charge >= 0.3 is 5.97 Å². The number of nitro groups is 1. The van der Waals surface area contributed by atoms with E-state index in [0.717, 1.165) is 0 Å². The molecule has 0 N–H and O–H groups in total. The summed E-state index contributed by atoms with van der Waals surface area (Å²) in [5.41, 5.74) is 0.0284. The smallest absolute Gasteiger partial charge is 0.377 e. The van der Waals surface area contributed by atoms with Crippen LogP contribution in [0.1, 0.15) is 27.9 Å². The van der Waals surface area contributed by atoms with Crippen LogP contribution < -0.4 is 0 Å². The van der Waals surface area contributed by atoms with Gasteiger partial charge < -0.3 is 4.74 Å². The lowest BCUT2D eigenvalue weighted by Crippen LogP contribution is -2.06. The van der Waals surface area contributed by atoms with Crippen LogP contribution in [0.2, 0.25) is 0 Å². The van der Waals surface area contributed by atoms with Gasteiger partial charge in [0.1, 0.15) is 6.33 Å². The Kier molecular flexibility index (Phi) is 3.74. The van der Waals surface area contributed by atoms with Crippen molar-refractivity contribution in [3.05, 3.63) is 46.0 Å². The molecule has 0 unspecified atom stereocenters. The molecule has 0 aliphatic carbocycles. The lowest BCUT2D eigenvalue weighted by Gasteiger charge is -2.03. The predicted octanol–water partition coefficient (Wildman–Crippen LogP) is 1.16. The summed E-state index contributed by atoms with van der Waals surface area (Å²) in [5.74, 6) is -1.31. The molecule has 21 heavy (non-hydrogen) atoms. The Hall–Kier alpha value is -3.10. The summed E-state index contributed by atoms with van der Waals surface area (Å²) in [7, 11) is 1.20. The highest BCUT2D eigenvalue weighted by Crippen LogP contribution is 2.22. The number of ketones is 1. The molecule has 0 radical (unpaired) electrons. The minimum absolute atomic E-state index is 0.0485. The molecule has 0 amide bonds. The topological polar surface area (TPSA) is 117 Å². The Morgan fingerprint density at radius 2 is 2.10 bits per heavy atom. The van der Waals surface area contributed by atoms with E-state index in [9.17, 15) is 19.7 Å². The second-order valence-corrected chi connectivity index (χ2v) is 4.02. The van der Waals surface area contributed by atoms with E-state index in [1.54, 1.807) is 0 Å². The normalized spacial score (nSPS) is 10.2. The molecule has 1 aromatic carbocycles. The highest BCUT2D eigenvalue weighted by molar-refractivity contribution is 5.98. The van der Waals surface area contributed by atoms with Crippen molar-refractivity contribution in [3.63, 3.8) is 0 Å². The van der Waals surface area contributed by atoms with Gasteiger partial charge in [-0.15, -0.1) is 5.10 Å². The van der Waals surface area contributed by atoms with Gasteiger partial charge in [0.25, 0.3) is 11.5 Å². The van der Waals surface area contributed by atoms with Crippen molar-refractivity contribution >= 4 is 17.4 Å². The fourth-order valence-corrected chi connectivity index (χ4v) is 1.68. The number of esters is 1. The zero-order valence-electron chi connectivity index (χ0n) is 11.1. The maximum Gasteiger partial charge on any atom is 0.377 e. The van der Waals surface area contributed by atoms with Gasteiger partial charge in [0.15, 0.2) is 5.78 Å². The molecule has 0 saturated carbocycles. The molecule has 0 spiro atoms. The Morgan fingerprint density at radius 1 is 1.38 bits per heavy atom. The molecule has 0 saturated heterocycles. The first-order valence-electron chi connectivity index (χ1n) is 5.73. The Bertz CT molecular complexity index is 737. The molecule has 0 aliphatic rings. The van der Waals surface area contributed by atoms with E-state index < -0.39 is 16.7 Å². The number of methoxy groups -OCH3 is 1. The van der Waals surface area contributed by atoms with E-state index in [1.165, 1.54) is 43.2 Å². The van der Waals surface area contributed by atoms with Crippen molar-refractivity contribution in [1.82, 2.24) is 14.8 Å². The first-order valence-corrected chi connectivity index (χ1v) is 5.73. The van der Waals surface area contributed by atoms with Crippen molar-refractivity contribution in [3.8, 4) is 5.69 Å². The highest BCUT2D eigenvalue weighted by Gasteiger charge is 2.19. The van der Waals surface area contributed by atoms with Crippen LogP contribution in [0.15, 0.2) is 24.5 Å². The van der Waals surface area contributed by atoms with E-state index in [0.29, 0.717) is 5.69 Å². The fourth-order valence-electron chi connectivity index (χ4n) is 1.68. The first kappa shape index (κ1) is 14.3. The maximum absolute atomic E-state index is 11.5. The third-order valence-electron chi connectivity index (χ3n) is 2.68. The van der Waals surface area contributed by atoms with E-state index in [-0.39, 0.29) is 17.1 Å². The molecular formula is C12H10N4O5. The number of nitrogens with zero attached hydrogens (tertiary/aromatic N) is 4. The van der Waals surface area contributed by atoms with E-state index >= 15 is 0 Å². The van der Waals surface area contributed by atoms with E-state index in [1.807, 2.05) is 0 Å². The lowest BCUT2D eigenvalue weighted by molar-refractivity contribution is -0.385. The standard InChI is InChI=1S/C12H10N4O5/c1-7(17)9-5-8(3-4-10(9)16(19)20)15-6-13-11(14-15)12(18)21-2/h3-6H,1-2H3. The number of rotatable bonds is 4. The van der Waals surface area contributed by atoms with Crippen molar-refractivity contribution in [2.24, 2.45) is 0 Å². The number of hydrogen-bond donors (Lipinski definition) is 0.